The Kier molecular flexibility index (Phi) is 4.87. The van der Waals surface area contributed by atoms with Gasteiger partial charge < -0.3 is 10.1 Å². The number of thiophene rings is 1. The Balaban J connectivity index is 1.59. The number of nitrogens with zero attached hydrogens (tertiary/aromatic N) is 3. The number of fused-ring (bicyclic) bond motifs is 1. The first-order valence-corrected chi connectivity index (χ1v) is 10.7. The maximum absolute atomic E-state index is 13.0. The van der Waals surface area contributed by atoms with Gasteiger partial charge >= 0.3 is 0 Å². The van der Waals surface area contributed by atoms with Crippen molar-refractivity contribution in [2.24, 2.45) is 0 Å². The molecule has 3 aromatic heterocycles. The van der Waals surface area contributed by atoms with Crippen LogP contribution in [0.1, 0.15) is 28.0 Å². The number of para-hydroxylation sites is 1. The summed E-state index contributed by atoms with van der Waals surface area (Å²) >= 11 is 1.54. The van der Waals surface area contributed by atoms with Gasteiger partial charge in [-0.05, 0) is 42.8 Å². The monoisotopic (exact) mass is 433 g/mol. The first kappa shape index (κ1) is 19.3. The van der Waals surface area contributed by atoms with E-state index in [1.807, 2.05) is 17.5 Å². The molecule has 1 aromatic carbocycles. The van der Waals surface area contributed by atoms with Crippen molar-refractivity contribution in [3.8, 4) is 22.3 Å². The Labute approximate surface area is 181 Å². The van der Waals surface area contributed by atoms with Gasteiger partial charge in [-0.15, -0.1) is 11.3 Å². The summed E-state index contributed by atoms with van der Waals surface area (Å²) in [5, 5.41) is 9.48. The molecule has 0 saturated carbocycles. The number of H-pyrrole nitrogens is 1. The number of aromatic amines is 1. The molecule has 9 heteroatoms. The lowest BCUT2D eigenvalue weighted by molar-refractivity contribution is 0.102. The summed E-state index contributed by atoms with van der Waals surface area (Å²) in [6.45, 7) is 0. The summed E-state index contributed by atoms with van der Waals surface area (Å²) in [5.74, 6) is 0.803. The summed E-state index contributed by atoms with van der Waals surface area (Å²) < 4.78 is 6.78. The Hall–Kier alpha value is -3.72. The second-order valence-electron chi connectivity index (χ2n) is 7.13. The Morgan fingerprint density at radius 3 is 2.90 bits per heavy atom. The molecule has 1 aliphatic carbocycles. The second kappa shape index (κ2) is 7.84. The zero-order valence-corrected chi connectivity index (χ0v) is 17.5. The number of benzene rings is 1. The molecule has 0 radical (unpaired) electrons. The van der Waals surface area contributed by atoms with Crippen LogP contribution in [0.25, 0.3) is 16.5 Å². The van der Waals surface area contributed by atoms with Crippen molar-refractivity contribution in [1.82, 2.24) is 19.7 Å². The zero-order chi connectivity index (χ0) is 21.4. The van der Waals surface area contributed by atoms with Crippen LogP contribution in [0.2, 0.25) is 0 Å². The van der Waals surface area contributed by atoms with Crippen LogP contribution in [0.3, 0.4) is 0 Å². The van der Waals surface area contributed by atoms with Crippen molar-refractivity contribution in [1.29, 1.82) is 0 Å². The molecule has 0 aliphatic heterocycles. The Bertz CT molecular complexity index is 1320. The summed E-state index contributed by atoms with van der Waals surface area (Å²) in [4.78, 5) is 33.9. The maximum Gasteiger partial charge on any atom is 0.260 e. The van der Waals surface area contributed by atoms with E-state index in [2.05, 4.69) is 20.4 Å². The van der Waals surface area contributed by atoms with Gasteiger partial charge in [0.15, 0.2) is 0 Å². The van der Waals surface area contributed by atoms with Crippen LogP contribution < -0.4 is 15.6 Å². The number of carbonyl (C=O) groups is 1. The van der Waals surface area contributed by atoms with Gasteiger partial charge in [-0.25, -0.2) is 4.98 Å². The predicted molar refractivity (Wildman–Crippen MR) is 118 cm³/mol. The van der Waals surface area contributed by atoms with E-state index < -0.39 is 0 Å². The molecule has 0 fully saturated rings. The highest BCUT2D eigenvalue weighted by molar-refractivity contribution is 7.13. The molecular weight excluding hydrogens is 414 g/mol. The summed E-state index contributed by atoms with van der Waals surface area (Å²) in [5.41, 5.74) is 2.43. The molecular formula is C22H19N5O3S. The average Bonchev–Trinajstić information content (AvgIpc) is 3.53. The molecule has 1 aliphatic rings. The normalized spacial score (nSPS) is 12.5. The van der Waals surface area contributed by atoms with E-state index in [0.29, 0.717) is 22.8 Å². The first-order chi connectivity index (χ1) is 15.1. The van der Waals surface area contributed by atoms with Gasteiger partial charge in [-0.3, -0.25) is 14.6 Å². The molecule has 156 valence electrons. The van der Waals surface area contributed by atoms with Crippen LogP contribution in [0.4, 0.5) is 5.82 Å². The second-order valence-corrected chi connectivity index (χ2v) is 8.07. The standard InChI is InChI=1S/C22H19N5O3S/c1-30-17-9-3-2-6-14(17)21(29)24-19-12-16(18-10-5-11-31-18)26-27(19)22-23-15-8-4-7-13(15)20(28)25-22/h2-3,5-6,9-12H,4,7-8H2,1H3,(H,24,29)(H,23,25,28). The fraction of sp³-hybridized carbons (Fsp3) is 0.182. The van der Waals surface area contributed by atoms with Gasteiger partial charge in [-0.2, -0.15) is 9.78 Å². The van der Waals surface area contributed by atoms with Gasteiger partial charge in [0.05, 0.1) is 23.2 Å². The number of rotatable bonds is 5. The fourth-order valence-electron chi connectivity index (χ4n) is 3.72. The number of nitrogens with one attached hydrogen (secondary N) is 2. The minimum absolute atomic E-state index is 0.160. The van der Waals surface area contributed by atoms with E-state index in [1.165, 1.54) is 23.1 Å². The molecule has 1 amide bonds. The third-order valence-corrected chi connectivity index (χ3v) is 6.10. The molecule has 0 unspecified atom stereocenters. The highest BCUT2D eigenvalue weighted by Crippen LogP contribution is 2.28. The topological polar surface area (TPSA) is 102 Å². The largest absolute Gasteiger partial charge is 0.496 e. The average molecular weight is 433 g/mol. The van der Waals surface area contributed by atoms with Crippen LogP contribution in [-0.4, -0.2) is 32.8 Å². The Morgan fingerprint density at radius 1 is 1.23 bits per heavy atom. The highest BCUT2D eigenvalue weighted by Gasteiger charge is 2.22. The number of methoxy groups -OCH3 is 1. The third-order valence-electron chi connectivity index (χ3n) is 5.21. The molecule has 2 N–H and O–H groups in total. The number of anilines is 1. The van der Waals surface area contributed by atoms with Crippen molar-refractivity contribution in [3.05, 3.63) is 75.0 Å². The highest BCUT2D eigenvalue weighted by atomic mass is 32.1. The van der Waals surface area contributed by atoms with Crippen LogP contribution in [0.15, 0.2) is 52.6 Å². The molecule has 5 rings (SSSR count). The molecule has 0 saturated heterocycles. The molecule has 0 atom stereocenters. The van der Waals surface area contributed by atoms with E-state index in [-0.39, 0.29) is 17.4 Å². The molecule has 31 heavy (non-hydrogen) atoms. The van der Waals surface area contributed by atoms with Crippen molar-refractivity contribution in [2.75, 3.05) is 12.4 Å². The van der Waals surface area contributed by atoms with Crippen LogP contribution in [-0.2, 0) is 12.8 Å². The third kappa shape index (κ3) is 3.53. The molecule has 0 spiro atoms. The summed E-state index contributed by atoms with van der Waals surface area (Å²) in [6.07, 6.45) is 2.40. The lowest BCUT2D eigenvalue weighted by Crippen LogP contribution is -2.21. The van der Waals surface area contributed by atoms with Crippen molar-refractivity contribution >= 4 is 23.1 Å². The fourth-order valence-corrected chi connectivity index (χ4v) is 4.40. The number of ether oxygens (including phenoxy) is 1. The zero-order valence-electron chi connectivity index (χ0n) is 16.7. The van der Waals surface area contributed by atoms with Gasteiger partial charge in [0, 0.05) is 11.6 Å². The summed E-state index contributed by atoms with van der Waals surface area (Å²) in [7, 11) is 1.52. The van der Waals surface area contributed by atoms with Gasteiger partial charge in [-0.1, -0.05) is 18.2 Å². The number of hydrogen-bond acceptors (Lipinski definition) is 6. The predicted octanol–water partition coefficient (Wildman–Crippen LogP) is 3.43. The number of amides is 1. The SMILES string of the molecule is COc1ccccc1C(=O)Nc1cc(-c2cccs2)nn1-c1nc2c(c(=O)[nH]1)CCC2. The minimum Gasteiger partial charge on any atom is -0.496 e. The van der Waals surface area contributed by atoms with Gasteiger partial charge in [0.25, 0.3) is 11.5 Å². The van der Waals surface area contributed by atoms with Crippen LogP contribution in [0, 0.1) is 0 Å². The van der Waals surface area contributed by atoms with Gasteiger partial charge in [0.2, 0.25) is 5.95 Å². The smallest absolute Gasteiger partial charge is 0.260 e. The number of aromatic nitrogens is 4. The van der Waals surface area contributed by atoms with E-state index in [1.54, 1.807) is 30.3 Å². The van der Waals surface area contributed by atoms with E-state index >= 15 is 0 Å². The quantitative estimate of drug-likeness (QED) is 0.502. The molecule has 3 heterocycles. The van der Waals surface area contributed by atoms with Crippen molar-refractivity contribution in [3.63, 3.8) is 0 Å². The summed E-state index contributed by atoms with van der Waals surface area (Å²) in [6, 6.07) is 12.6. The van der Waals surface area contributed by atoms with Crippen molar-refractivity contribution in [2.45, 2.75) is 19.3 Å². The molecule has 4 aromatic rings. The number of hydrogen-bond donors (Lipinski definition) is 2. The first-order valence-electron chi connectivity index (χ1n) is 9.85. The number of aryl methyl sites for hydroxylation is 1. The number of carbonyl (C=O) groups excluding carboxylic acids is 1. The van der Waals surface area contributed by atoms with E-state index in [9.17, 15) is 9.59 Å². The van der Waals surface area contributed by atoms with Crippen molar-refractivity contribution < 1.29 is 9.53 Å². The maximum atomic E-state index is 13.0. The lowest BCUT2D eigenvalue weighted by Gasteiger charge is -2.11. The van der Waals surface area contributed by atoms with Crippen LogP contribution >= 0.6 is 11.3 Å². The van der Waals surface area contributed by atoms with Gasteiger partial charge in [0.1, 0.15) is 17.3 Å². The molecule has 0 bridgehead atoms. The van der Waals surface area contributed by atoms with Crippen LogP contribution in [0.5, 0.6) is 5.75 Å². The lowest BCUT2D eigenvalue weighted by atomic mass is 10.2. The molecule has 8 nitrogen and oxygen atoms in total. The Morgan fingerprint density at radius 2 is 2.10 bits per heavy atom. The minimum atomic E-state index is -0.347. The van der Waals surface area contributed by atoms with E-state index in [0.717, 1.165) is 35.4 Å². The van der Waals surface area contributed by atoms with E-state index in [4.69, 9.17) is 4.74 Å².